The highest BCUT2D eigenvalue weighted by atomic mass is 19.1. The fourth-order valence-electron chi connectivity index (χ4n) is 3.54. The van der Waals surface area contributed by atoms with Crippen LogP contribution in [-0.4, -0.2) is 13.2 Å². The normalized spacial score (nSPS) is 16.2. The van der Waals surface area contributed by atoms with E-state index in [2.05, 4.69) is 24.8 Å². The molecule has 0 bridgehead atoms. The van der Waals surface area contributed by atoms with Gasteiger partial charge in [0.05, 0.1) is 17.9 Å². The van der Waals surface area contributed by atoms with E-state index in [4.69, 9.17) is 6.57 Å². The van der Waals surface area contributed by atoms with Crippen LogP contribution in [0.3, 0.4) is 0 Å². The zero-order valence-electron chi connectivity index (χ0n) is 15.3. The third kappa shape index (κ3) is 2.28. The van der Waals surface area contributed by atoms with E-state index in [1.54, 1.807) is 11.9 Å². The highest BCUT2D eigenvalue weighted by Crippen LogP contribution is 2.49. The molecule has 3 rings (SSSR count). The summed E-state index contributed by atoms with van der Waals surface area (Å²) in [4.78, 5) is 6.72. The van der Waals surface area contributed by atoms with E-state index in [-0.39, 0.29) is 11.9 Å². The molecule has 1 aliphatic heterocycles. The molecule has 5 heteroatoms. The summed E-state index contributed by atoms with van der Waals surface area (Å²) >= 11 is 0. The molecule has 2 aromatic rings. The molecule has 3 nitrogen and oxygen atoms in total. The molecular formula is C20H21F2N3. The van der Waals surface area contributed by atoms with Gasteiger partial charge in [0.15, 0.2) is 5.82 Å². The summed E-state index contributed by atoms with van der Waals surface area (Å²) < 4.78 is 29.0. The van der Waals surface area contributed by atoms with Crippen LogP contribution < -0.4 is 9.80 Å². The van der Waals surface area contributed by atoms with Crippen LogP contribution >= 0.6 is 0 Å². The van der Waals surface area contributed by atoms with Crippen molar-refractivity contribution < 1.29 is 8.78 Å². The summed E-state index contributed by atoms with van der Waals surface area (Å²) in [5.41, 5.74) is 5.75. The van der Waals surface area contributed by atoms with Crippen molar-refractivity contribution in [3.8, 4) is 0 Å². The molecule has 0 unspecified atom stereocenters. The van der Waals surface area contributed by atoms with Gasteiger partial charge in [-0.25, -0.2) is 13.6 Å². The Kier molecular flexibility index (Phi) is 3.95. The lowest BCUT2D eigenvalue weighted by Crippen LogP contribution is -2.36. The molecule has 0 fully saturated rings. The lowest BCUT2D eigenvalue weighted by atomic mass is 9.97. The first kappa shape index (κ1) is 17.2. The molecule has 0 spiro atoms. The van der Waals surface area contributed by atoms with Crippen LogP contribution in [0.4, 0.5) is 31.5 Å². The number of hydrogen-bond donors (Lipinski definition) is 0. The van der Waals surface area contributed by atoms with Gasteiger partial charge in [0, 0.05) is 12.7 Å². The van der Waals surface area contributed by atoms with Crippen LogP contribution in [-0.2, 0) is 0 Å². The molecule has 25 heavy (non-hydrogen) atoms. The van der Waals surface area contributed by atoms with Crippen molar-refractivity contribution in [1.82, 2.24) is 0 Å². The SMILES string of the molecule is [C-]#[N+]c1c(F)cc2c(c1F)N(C)[C@H](C)N2c1cc(C)c(C)c(C)c1C. The largest absolute Gasteiger partial charge is 0.351 e. The number of halogens is 2. The van der Waals surface area contributed by atoms with Crippen LogP contribution in [0.2, 0.25) is 0 Å². The zero-order chi connectivity index (χ0) is 18.6. The number of aryl methyl sites for hydroxylation is 1. The number of rotatable bonds is 1. The van der Waals surface area contributed by atoms with Crippen molar-refractivity contribution in [1.29, 1.82) is 0 Å². The first-order valence-corrected chi connectivity index (χ1v) is 8.19. The third-order valence-corrected chi connectivity index (χ3v) is 5.52. The van der Waals surface area contributed by atoms with Crippen LogP contribution in [0.5, 0.6) is 0 Å². The summed E-state index contributed by atoms with van der Waals surface area (Å²) in [5, 5.41) is 0. The fourth-order valence-corrected chi connectivity index (χ4v) is 3.54. The quantitative estimate of drug-likeness (QED) is 0.618. The second-order valence-electron chi connectivity index (χ2n) is 6.70. The maximum atomic E-state index is 14.7. The Morgan fingerprint density at radius 1 is 1.00 bits per heavy atom. The minimum atomic E-state index is -0.822. The van der Waals surface area contributed by atoms with Crippen LogP contribution in [0.1, 0.15) is 29.2 Å². The van der Waals surface area contributed by atoms with E-state index in [1.165, 1.54) is 17.2 Å². The van der Waals surface area contributed by atoms with E-state index in [0.717, 1.165) is 16.8 Å². The fraction of sp³-hybridized carbons (Fsp3) is 0.350. The van der Waals surface area contributed by atoms with Gasteiger partial charge in [-0.3, -0.25) is 0 Å². The molecular weight excluding hydrogens is 320 g/mol. The highest BCUT2D eigenvalue weighted by molar-refractivity contribution is 5.88. The zero-order valence-corrected chi connectivity index (χ0v) is 15.3. The molecule has 130 valence electrons. The predicted molar refractivity (Wildman–Crippen MR) is 98.0 cm³/mol. The average molecular weight is 341 g/mol. The molecule has 1 aliphatic rings. The van der Waals surface area contributed by atoms with E-state index >= 15 is 0 Å². The van der Waals surface area contributed by atoms with Gasteiger partial charge in [-0.2, -0.15) is 0 Å². The number of nitrogens with zero attached hydrogens (tertiary/aromatic N) is 3. The van der Waals surface area contributed by atoms with Gasteiger partial charge in [0.2, 0.25) is 0 Å². The van der Waals surface area contributed by atoms with E-state index in [9.17, 15) is 8.78 Å². The first-order valence-electron chi connectivity index (χ1n) is 8.19. The molecule has 2 aromatic carbocycles. The molecule has 0 saturated heterocycles. The van der Waals surface area contributed by atoms with Crippen LogP contribution in [0.15, 0.2) is 12.1 Å². The smallest absolute Gasteiger partial charge is 0.259 e. The standard InChI is InChI=1S/C20H21F2N3/c1-10-8-16(13(4)12(3)11(10)2)25-14(5)24(7)20-17(25)9-15(21)19(23-6)18(20)22/h8-9,14H,1-5,7H3/t14-/m0/s1. The van der Waals surface area contributed by atoms with Gasteiger partial charge in [-0.1, -0.05) is 0 Å². The second-order valence-corrected chi connectivity index (χ2v) is 6.70. The van der Waals surface area contributed by atoms with Crippen LogP contribution in [0.25, 0.3) is 4.85 Å². The Hall–Kier alpha value is -2.61. The Bertz CT molecular complexity index is 928. The summed E-state index contributed by atoms with van der Waals surface area (Å²) in [7, 11) is 1.77. The maximum Gasteiger partial charge on any atom is 0.259 e. The van der Waals surface area contributed by atoms with Gasteiger partial charge < -0.3 is 9.80 Å². The highest BCUT2D eigenvalue weighted by Gasteiger charge is 2.37. The maximum absolute atomic E-state index is 14.7. The minimum absolute atomic E-state index is 0.190. The van der Waals surface area contributed by atoms with Gasteiger partial charge in [0.1, 0.15) is 12.0 Å². The van der Waals surface area contributed by atoms with Gasteiger partial charge in [-0.15, -0.1) is 0 Å². The summed E-state index contributed by atoms with van der Waals surface area (Å²) in [6.07, 6.45) is -0.190. The van der Waals surface area contributed by atoms with E-state index < -0.39 is 17.3 Å². The van der Waals surface area contributed by atoms with Crippen molar-refractivity contribution in [3.05, 3.63) is 57.4 Å². The molecule has 0 N–H and O–H groups in total. The van der Waals surface area contributed by atoms with Crippen molar-refractivity contribution in [2.24, 2.45) is 0 Å². The monoisotopic (exact) mass is 341 g/mol. The van der Waals surface area contributed by atoms with Crippen LogP contribution in [0, 0.1) is 45.9 Å². The van der Waals surface area contributed by atoms with Gasteiger partial charge in [0.25, 0.3) is 5.69 Å². The molecule has 0 radical (unpaired) electrons. The Morgan fingerprint density at radius 3 is 2.24 bits per heavy atom. The Labute approximate surface area is 147 Å². The molecule has 0 aromatic heterocycles. The van der Waals surface area contributed by atoms with Gasteiger partial charge in [-0.05, 0) is 69.0 Å². The number of anilines is 3. The summed E-state index contributed by atoms with van der Waals surface area (Å²) in [5.74, 6) is -1.61. The topological polar surface area (TPSA) is 10.8 Å². The minimum Gasteiger partial charge on any atom is -0.351 e. The molecule has 0 amide bonds. The number of fused-ring (bicyclic) bond motifs is 1. The lowest BCUT2D eigenvalue weighted by Gasteiger charge is -2.30. The summed E-state index contributed by atoms with van der Waals surface area (Å²) in [6.45, 7) is 17.2. The Balaban J connectivity index is 2.31. The Morgan fingerprint density at radius 2 is 1.64 bits per heavy atom. The molecule has 1 heterocycles. The van der Waals surface area contributed by atoms with Crippen molar-refractivity contribution in [3.63, 3.8) is 0 Å². The van der Waals surface area contributed by atoms with Crippen molar-refractivity contribution in [2.45, 2.75) is 40.8 Å². The van der Waals surface area contributed by atoms with Gasteiger partial charge >= 0.3 is 0 Å². The molecule has 0 aliphatic carbocycles. The predicted octanol–water partition coefficient (Wildman–Crippen LogP) is 5.68. The molecule has 0 saturated carbocycles. The summed E-state index contributed by atoms with van der Waals surface area (Å²) in [6, 6.07) is 3.34. The van der Waals surface area contributed by atoms with Crippen molar-refractivity contribution in [2.75, 3.05) is 16.8 Å². The van der Waals surface area contributed by atoms with E-state index in [1.807, 2.05) is 25.7 Å². The third-order valence-electron chi connectivity index (χ3n) is 5.52. The lowest BCUT2D eigenvalue weighted by molar-refractivity contribution is 0.594. The first-order chi connectivity index (χ1) is 11.7. The number of hydrogen-bond acceptors (Lipinski definition) is 2. The van der Waals surface area contributed by atoms with E-state index in [0.29, 0.717) is 5.69 Å². The molecule has 1 atom stereocenters. The average Bonchev–Trinajstić information content (AvgIpc) is 2.80. The second kappa shape index (κ2) is 5.73. The van der Waals surface area contributed by atoms with Crippen molar-refractivity contribution >= 4 is 22.7 Å². The number of benzene rings is 2.